The number of fused-ring (bicyclic) bond motifs is 1. The van der Waals surface area contributed by atoms with Crippen LogP contribution in [0.5, 0.6) is 0 Å². The molecule has 7 heteroatoms. The molecule has 0 aliphatic carbocycles. The number of rotatable bonds is 4. The van der Waals surface area contributed by atoms with Crippen LogP contribution >= 0.6 is 0 Å². The molecule has 19 heavy (non-hydrogen) atoms. The third-order valence-corrected chi connectivity index (χ3v) is 3.31. The zero-order valence-corrected chi connectivity index (χ0v) is 11.5. The van der Waals surface area contributed by atoms with E-state index in [-0.39, 0.29) is 11.2 Å². The zero-order chi connectivity index (χ0) is 14.2. The molecule has 2 aromatic heterocycles. The second-order valence-corrected chi connectivity index (χ2v) is 4.37. The van der Waals surface area contributed by atoms with Crippen LogP contribution in [-0.2, 0) is 26.6 Å². The Morgan fingerprint density at radius 2 is 1.79 bits per heavy atom. The van der Waals surface area contributed by atoms with Gasteiger partial charge in [0.25, 0.3) is 5.56 Å². The molecule has 0 aliphatic rings. The Bertz CT molecular complexity index is 722. The van der Waals surface area contributed by atoms with Crippen molar-refractivity contribution in [2.45, 2.75) is 33.4 Å². The molecule has 2 heterocycles. The summed E-state index contributed by atoms with van der Waals surface area (Å²) in [6, 6.07) is 0. The van der Waals surface area contributed by atoms with Crippen LogP contribution in [0.1, 0.15) is 19.7 Å². The van der Waals surface area contributed by atoms with Crippen molar-refractivity contribution in [2.24, 2.45) is 12.8 Å². The highest BCUT2D eigenvalue weighted by atomic mass is 16.2. The Morgan fingerprint density at radius 3 is 2.32 bits per heavy atom. The van der Waals surface area contributed by atoms with Crippen LogP contribution in [0, 0.1) is 0 Å². The quantitative estimate of drug-likeness (QED) is 0.802. The lowest BCUT2D eigenvalue weighted by Crippen LogP contribution is -2.39. The largest absolute Gasteiger partial charge is 0.332 e. The van der Waals surface area contributed by atoms with Crippen molar-refractivity contribution >= 4 is 11.2 Å². The molecule has 0 radical (unpaired) electrons. The van der Waals surface area contributed by atoms with Gasteiger partial charge in [-0.2, -0.15) is 0 Å². The number of imidazole rings is 1. The first-order valence-corrected chi connectivity index (χ1v) is 6.45. The summed E-state index contributed by atoms with van der Waals surface area (Å²) < 4.78 is 4.49. The van der Waals surface area contributed by atoms with Crippen molar-refractivity contribution in [3.05, 3.63) is 26.7 Å². The maximum Gasteiger partial charge on any atom is 0.332 e. The average molecular weight is 265 g/mol. The normalized spacial score (nSPS) is 11.4. The summed E-state index contributed by atoms with van der Waals surface area (Å²) in [5.41, 5.74) is 5.87. The smallest absolute Gasteiger partial charge is 0.330 e. The van der Waals surface area contributed by atoms with Crippen LogP contribution in [-0.4, -0.2) is 25.2 Å². The molecule has 0 aromatic carbocycles. The first-order valence-electron chi connectivity index (χ1n) is 6.45. The van der Waals surface area contributed by atoms with Gasteiger partial charge in [-0.15, -0.1) is 0 Å². The second kappa shape index (κ2) is 5.00. The summed E-state index contributed by atoms with van der Waals surface area (Å²) in [5.74, 6) is 0.751. The number of nitrogens with two attached hydrogens (primary N) is 1. The van der Waals surface area contributed by atoms with Crippen molar-refractivity contribution in [1.82, 2.24) is 18.7 Å². The van der Waals surface area contributed by atoms with E-state index in [0.29, 0.717) is 37.2 Å². The summed E-state index contributed by atoms with van der Waals surface area (Å²) in [6.07, 6.45) is 0.586. The Balaban J connectivity index is 2.97. The van der Waals surface area contributed by atoms with Gasteiger partial charge in [0.05, 0.1) is 0 Å². The molecular weight excluding hydrogens is 246 g/mol. The summed E-state index contributed by atoms with van der Waals surface area (Å²) >= 11 is 0. The molecule has 0 spiro atoms. The summed E-state index contributed by atoms with van der Waals surface area (Å²) in [6.45, 7) is 5.16. The van der Waals surface area contributed by atoms with E-state index in [2.05, 4.69) is 4.98 Å². The van der Waals surface area contributed by atoms with Crippen molar-refractivity contribution < 1.29 is 0 Å². The lowest BCUT2D eigenvalue weighted by atomic mass is 10.4. The molecule has 0 aliphatic heterocycles. The minimum absolute atomic E-state index is 0.279. The molecule has 0 bridgehead atoms. The number of hydrogen-bond acceptors (Lipinski definition) is 4. The van der Waals surface area contributed by atoms with Crippen LogP contribution in [0.15, 0.2) is 9.59 Å². The molecule has 0 fully saturated rings. The summed E-state index contributed by atoms with van der Waals surface area (Å²) in [7, 11) is 1.63. The van der Waals surface area contributed by atoms with E-state index in [1.807, 2.05) is 11.5 Å². The van der Waals surface area contributed by atoms with Gasteiger partial charge in [-0.1, -0.05) is 0 Å². The lowest BCUT2D eigenvalue weighted by molar-refractivity contribution is 0.632. The Kier molecular flexibility index (Phi) is 3.57. The minimum Gasteiger partial charge on any atom is -0.330 e. The fraction of sp³-hybridized carbons (Fsp3) is 0.583. The minimum atomic E-state index is -0.333. The number of nitrogens with zero attached hydrogens (tertiary/aromatic N) is 4. The van der Waals surface area contributed by atoms with E-state index >= 15 is 0 Å². The molecule has 0 saturated carbocycles. The molecule has 7 nitrogen and oxygen atoms in total. The molecule has 0 atom stereocenters. The van der Waals surface area contributed by atoms with E-state index in [1.54, 1.807) is 14.0 Å². The molecule has 0 saturated heterocycles. The zero-order valence-electron chi connectivity index (χ0n) is 11.5. The third-order valence-electron chi connectivity index (χ3n) is 3.31. The van der Waals surface area contributed by atoms with E-state index in [4.69, 9.17) is 5.73 Å². The Hall–Kier alpha value is -1.89. The van der Waals surface area contributed by atoms with E-state index in [1.165, 1.54) is 9.13 Å². The van der Waals surface area contributed by atoms with Crippen molar-refractivity contribution in [3.63, 3.8) is 0 Å². The summed E-state index contributed by atoms with van der Waals surface area (Å²) in [4.78, 5) is 28.8. The predicted molar refractivity (Wildman–Crippen MR) is 73.3 cm³/mol. The average Bonchev–Trinajstić information content (AvgIpc) is 2.76. The standard InChI is InChI=1S/C12H19N5O2/c1-4-16-8(6-7-13)14-10-9(16)11(18)17(5-2)12(19)15(10)3/h4-7,13H2,1-3H3. The number of aryl methyl sites for hydroxylation is 2. The van der Waals surface area contributed by atoms with Gasteiger partial charge in [0.2, 0.25) is 0 Å². The van der Waals surface area contributed by atoms with Gasteiger partial charge < -0.3 is 10.3 Å². The summed E-state index contributed by atoms with van der Waals surface area (Å²) in [5, 5.41) is 0. The van der Waals surface area contributed by atoms with E-state index < -0.39 is 0 Å². The maximum absolute atomic E-state index is 12.4. The van der Waals surface area contributed by atoms with Crippen LogP contribution in [0.3, 0.4) is 0 Å². The van der Waals surface area contributed by atoms with Crippen LogP contribution < -0.4 is 17.0 Å². The highest BCUT2D eigenvalue weighted by molar-refractivity contribution is 5.71. The highest BCUT2D eigenvalue weighted by Gasteiger charge is 2.18. The van der Waals surface area contributed by atoms with E-state index in [0.717, 1.165) is 5.82 Å². The Morgan fingerprint density at radius 1 is 1.16 bits per heavy atom. The number of aromatic nitrogens is 4. The van der Waals surface area contributed by atoms with Crippen LogP contribution in [0.4, 0.5) is 0 Å². The Labute approximate surface area is 110 Å². The molecule has 2 aromatic rings. The van der Waals surface area contributed by atoms with Crippen molar-refractivity contribution in [2.75, 3.05) is 6.54 Å². The highest BCUT2D eigenvalue weighted by Crippen LogP contribution is 2.11. The van der Waals surface area contributed by atoms with Gasteiger partial charge in [0.15, 0.2) is 11.2 Å². The third kappa shape index (κ3) is 1.90. The molecule has 0 amide bonds. The van der Waals surface area contributed by atoms with Crippen molar-refractivity contribution in [1.29, 1.82) is 0 Å². The van der Waals surface area contributed by atoms with E-state index in [9.17, 15) is 9.59 Å². The molecule has 2 N–H and O–H groups in total. The maximum atomic E-state index is 12.4. The van der Waals surface area contributed by atoms with Gasteiger partial charge in [0.1, 0.15) is 5.82 Å². The van der Waals surface area contributed by atoms with Gasteiger partial charge in [-0.3, -0.25) is 13.9 Å². The molecule has 2 rings (SSSR count). The fourth-order valence-corrected chi connectivity index (χ4v) is 2.36. The SMILES string of the molecule is CCn1c(=O)c2c(nc(CCN)n2CC)n(C)c1=O. The van der Waals surface area contributed by atoms with Crippen LogP contribution in [0.2, 0.25) is 0 Å². The van der Waals surface area contributed by atoms with Gasteiger partial charge in [-0.05, 0) is 20.4 Å². The molecular formula is C12H19N5O2. The van der Waals surface area contributed by atoms with Gasteiger partial charge in [-0.25, -0.2) is 9.78 Å². The topological polar surface area (TPSA) is 87.8 Å². The molecule has 104 valence electrons. The first kappa shape index (κ1) is 13.5. The predicted octanol–water partition coefficient (Wildman–Crippen LogP) is -0.562. The van der Waals surface area contributed by atoms with Gasteiger partial charge in [0, 0.05) is 26.6 Å². The monoisotopic (exact) mass is 265 g/mol. The number of hydrogen-bond donors (Lipinski definition) is 1. The van der Waals surface area contributed by atoms with Crippen molar-refractivity contribution in [3.8, 4) is 0 Å². The molecule has 0 unspecified atom stereocenters. The first-order chi connectivity index (χ1) is 9.06. The second-order valence-electron chi connectivity index (χ2n) is 4.37. The van der Waals surface area contributed by atoms with Crippen LogP contribution in [0.25, 0.3) is 11.2 Å². The lowest BCUT2D eigenvalue weighted by Gasteiger charge is -2.07. The fourth-order valence-electron chi connectivity index (χ4n) is 2.36. The van der Waals surface area contributed by atoms with Gasteiger partial charge >= 0.3 is 5.69 Å².